The van der Waals surface area contributed by atoms with Gasteiger partial charge in [-0.05, 0) is 45.4 Å². The molecule has 0 spiro atoms. The Morgan fingerprint density at radius 2 is 1.71 bits per heavy atom. The van der Waals surface area contributed by atoms with Gasteiger partial charge in [0.2, 0.25) is 5.91 Å². The second-order valence-corrected chi connectivity index (χ2v) is 5.97. The fourth-order valence-electron chi connectivity index (χ4n) is 2.89. The van der Waals surface area contributed by atoms with Crippen molar-refractivity contribution in [3.8, 4) is 0 Å². The van der Waals surface area contributed by atoms with Crippen LogP contribution in [0.4, 0.5) is 0 Å². The van der Waals surface area contributed by atoms with Crippen molar-refractivity contribution in [3.63, 3.8) is 0 Å². The third-order valence-electron chi connectivity index (χ3n) is 4.21. The lowest BCUT2D eigenvalue weighted by atomic mass is 9.92. The maximum absolute atomic E-state index is 12.1. The summed E-state index contributed by atoms with van der Waals surface area (Å²) in [7, 11) is 0. The Balaban J connectivity index is 1.97. The molecule has 0 unspecified atom stereocenters. The maximum atomic E-state index is 12.1. The number of nitrogens with one attached hydrogen (secondary N) is 1. The fourth-order valence-corrected chi connectivity index (χ4v) is 2.89. The number of carboxylic acids is 1. The number of hydrogen-bond acceptors (Lipinski definition) is 2. The fraction of sp³-hybridized carbons (Fsp3) is 0.846. The molecule has 96 valence electrons. The number of carboxylic acid groups (broad SMARTS) is 1. The van der Waals surface area contributed by atoms with E-state index >= 15 is 0 Å². The summed E-state index contributed by atoms with van der Waals surface area (Å²) in [5.41, 5.74) is -0.178. The molecule has 2 aliphatic carbocycles. The molecule has 1 amide bonds. The lowest BCUT2D eigenvalue weighted by Gasteiger charge is -2.28. The van der Waals surface area contributed by atoms with Crippen molar-refractivity contribution < 1.29 is 14.7 Å². The van der Waals surface area contributed by atoms with Gasteiger partial charge in [-0.15, -0.1) is 0 Å². The lowest BCUT2D eigenvalue weighted by molar-refractivity contribution is -0.146. The number of hydrogen-bond donors (Lipinski definition) is 2. The number of rotatable bonds is 4. The SMILES string of the molecule is CC(C)(NC(=O)[C@@H]1CCC[C@@H]1C(=O)O)C1CC1. The summed E-state index contributed by atoms with van der Waals surface area (Å²) >= 11 is 0. The quantitative estimate of drug-likeness (QED) is 0.786. The van der Waals surface area contributed by atoms with E-state index in [1.165, 1.54) is 12.8 Å². The van der Waals surface area contributed by atoms with Crippen LogP contribution in [0.1, 0.15) is 46.0 Å². The Morgan fingerprint density at radius 1 is 1.12 bits per heavy atom. The van der Waals surface area contributed by atoms with E-state index in [2.05, 4.69) is 5.32 Å². The first-order valence-electron chi connectivity index (χ1n) is 6.46. The average molecular weight is 239 g/mol. The summed E-state index contributed by atoms with van der Waals surface area (Å²) in [6, 6.07) is 0. The molecule has 2 atom stereocenters. The van der Waals surface area contributed by atoms with Crippen molar-refractivity contribution in [2.24, 2.45) is 17.8 Å². The highest BCUT2D eigenvalue weighted by Crippen LogP contribution is 2.40. The van der Waals surface area contributed by atoms with Crippen LogP contribution in [0, 0.1) is 17.8 Å². The van der Waals surface area contributed by atoms with Gasteiger partial charge >= 0.3 is 5.97 Å². The first-order valence-corrected chi connectivity index (χ1v) is 6.46. The van der Waals surface area contributed by atoms with Crippen molar-refractivity contribution in [2.45, 2.75) is 51.5 Å². The van der Waals surface area contributed by atoms with E-state index < -0.39 is 11.9 Å². The molecule has 2 saturated carbocycles. The molecule has 0 aromatic heterocycles. The Labute approximate surface area is 102 Å². The summed E-state index contributed by atoms with van der Waals surface area (Å²) < 4.78 is 0. The zero-order valence-corrected chi connectivity index (χ0v) is 10.5. The molecule has 0 bridgehead atoms. The monoisotopic (exact) mass is 239 g/mol. The first-order chi connectivity index (χ1) is 7.92. The molecule has 2 fully saturated rings. The van der Waals surface area contributed by atoms with Crippen LogP contribution in [0.5, 0.6) is 0 Å². The van der Waals surface area contributed by atoms with Crippen LogP contribution in [0.15, 0.2) is 0 Å². The molecule has 0 aromatic carbocycles. The minimum Gasteiger partial charge on any atom is -0.481 e. The normalized spacial score (nSPS) is 29.1. The minimum atomic E-state index is -0.827. The van der Waals surface area contributed by atoms with Crippen molar-refractivity contribution in [1.82, 2.24) is 5.32 Å². The molecule has 0 aromatic rings. The van der Waals surface area contributed by atoms with Crippen LogP contribution in [0.25, 0.3) is 0 Å². The van der Waals surface area contributed by atoms with Gasteiger partial charge in [-0.2, -0.15) is 0 Å². The molecule has 2 rings (SSSR count). The molecule has 17 heavy (non-hydrogen) atoms. The highest BCUT2D eigenvalue weighted by Gasteiger charge is 2.43. The molecular formula is C13H21NO3. The zero-order chi connectivity index (χ0) is 12.6. The Morgan fingerprint density at radius 3 is 2.24 bits per heavy atom. The molecule has 0 radical (unpaired) electrons. The third kappa shape index (κ3) is 2.61. The van der Waals surface area contributed by atoms with Crippen LogP contribution < -0.4 is 5.32 Å². The topological polar surface area (TPSA) is 66.4 Å². The zero-order valence-electron chi connectivity index (χ0n) is 10.5. The lowest BCUT2D eigenvalue weighted by Crippen LogP contribution is -2.48. The standard InChI is InChI=1S/C13H21NO3/c1-13(2,8-6-7-8)14-11(15)9-4-3-5-10(9)12(16)17/h8-10H,3-7H2,1-2H3,(H,14,15)(H,16,17)/t9-,10+/m1/s1. The second kappa shape index (κ2) is 4.31. The van der Waals surface area contributed by atoms with Gasteiger partial charge in [0, 0.05) is 5.54 Å². The van der Waals surface area contributed by atoms with Crippen molar-refractivity contribution in [1.29, 1.82) is 0 Å². The van der Waals surface area contributed by atoms with Crippen molar-refractivity contribution >= 4 is 11.9 Å². The molecule has 4 heteroatoms. The third-order valence-corrected chi connectivity index (χ3v) is 4.21. The number of amides is 1. The van der Waals surface area contributed by atoms with Gasteiger partial charge in [-0.25, -0.2) is 0 Å². The van der Waals surface area contributed by atoms with Gasteiger partial charge in [-0.3, -0.25) is 9.59 Å². The van der Waals surface area contributed by atoms with E-state index in [0.29, 0.717) is 18.8 Å². The van der Waals surface area contributed by atoms with Crippen LogP contribution in [0.3, 0.4) is 0 Å². The molecule has 0 saturated heterocycles. The first kappa shape index (κ1) is 12.4. The average Bonchev–Trinajstić information content (AvgIpc) is 2.95. The second-order valence-electron chi connectivity index (χ2n) is 5.97. The van der Waals surface area contributed by atoms with Gasteiger partial charge in [0.15, 0.2) is 0 Å². The van der Waals surface area contributed by atoms with Crippen LogP contribution in [-0.2, 0) is 9.59 Å². The van der Waals surface area contributed by atoms with E-state index in [-0.39, 0.29) is 17.4 Å². The number of carbonyl (C=O) groups excluding carboxylic acids is 1. The summed E-state index contributed by atoms with van der Waals surface area (Å²) in [4.78, 5) is 23.2. The Kier molecular flexibility index (Phi) is 3.15. The smallest absolute Gasteiger partial charge is 0.307 e. The van der Waals surface area contributed by atoms with Crippen LogP contribution in [-0.4, -0.2) is 22.5 Å². The molecular weight excluding hydrogens is 218 g/mol. The van der Waals surface area contributed by atoms with E-state index in [1.54, 1.807) is 0 Å². The van der Waals surface area contributed by atoms with Gasteiger partial charge in [0.1, 0.15) is 0 Å². The van der Waals surface area contributed by atoms with Gasteiger partial charge < -0.3 is 10.4 Å². The van der Waals surface area contributed by atoms with Gasteiger partial charge in [0.05, 0.1) is 11.8 Å². The molecule has 2 aliphatic rings. The number of carbonyl (C=O) groups is 2. The van der Waals surface area contributed by atoms with E-state index in [1.807, 2.05) is 13.8 Å². The summed E-state index contributed by atoms with van der Waals surface area (Å²) in [5, 5.41) is 12.1. The predicted octanol–water partition coefficient (Wildman–Crippen LogP) is 1.79. The van der Waals surface area contributed by atoms with Crippen molar-refractivity contribution in [3.05, 3.63) is 0 Å². The largest absolute Gasteiger partial charge is 0.481 e. The molecule has 2 N–H and O–H groups in total. The molecule has 0 aliphatic heterocycles. The molecule has 4 nitrogen and oxygen atoms in total. The van der Waals surface area contributed by atoms with Gasteiger partial charge in [0.25, 0.3) is 0 Å². The Hall–Kier alpha value is -1.06. The highest BCUT2D eigenvalue weighted by molar-refractivity contribution is 5.85. The van der Waals surface area contributed by atoms with E-state index in [4.69, 9.17) is 5.11 Å². The maximum Gasteiger partial charge on any atom is 0.307 e. The van der Waals surface area contributed by atoms with Crippen molar-refractivity contribution in [2.75, 3.05) is 0 Å². The predicted molar refractivity (Wildman–Crippen MR) is 63.4 cm³/mol. The summed E-state index contributed by atoms with van der Waals surface area (Å²) in [6.45, 7) is 4.07. The number of aliphatic carboxylic acids is 1. The van der Waals surface area contributed by atoms with E-state index in [0.717, 1.165) is 6.42 Å². The van der Waals surface area contributed by atoms with Gasteiger partial charge in [-0.1, -0.05) is 6.42 Å². The summed E-state index contributed by atoms with van der Waals surface area (Å²) in [6.07, 6.45) is 4.53. The molecule has 0 heterocycles. The van der Waals surface area contributed by atoms with Crippen LogP contribution >= 0.6 is 0 Å². The summed E-state index contributed by atoms with van der Waals surface area (Å²) in [5.74, 6) is -1.13. The van der Waals surface area contributed by atoms with Crippen LogP contribution in [0.2, 0.25) is 0 Å². The minimum absolute atomic E-state index is 0.0631. The Bertz CT molecular complexity index is 334. The highest BCUT2D eigenvalue weighted by atomic mass is 16.4. The van der Waals surface area contributed by atoms with E-state index in [9.17, 15) is 9.59 Å².